The van der Waals surface area contributed by atoms with E-state index in [0.29, 0.717) is 5.95 Å². The molecule has 74 valence electrons. The van der Waals surface area contributed by atoms with Gasteiger partial charge < -0.3 is 10.6 Å². The lowest BCUT2D eigenvalue weighted by atomic mass is 10.3. The van der Waals surface area contributed by atoms with Gasteiger partial charge in [0.25, 0.3) is 0 Å². The molecule has 0 aliphatic rings. The smallest absolute Gasteiger partial charge is 0.241 e. The second kappa shape index (κ2) is 4.36. The fourth-order valence-corrected chi connectivity index (χ4v) is 0.827. The number of rotatable bonds is 3. The third kappa shape index (κ3) is 2.85. The molecule has 0 fully saturated rings. The van der Waals surface area contributed by atoms with E-state index in [-0.39, 0.29) is 0 Å². The number of amides is 1. The molecule has 1 aromatic heterocycles. The first kappa shape index (κ1) is 10.2. The summed E-state index contributed by atoms with van der Waals surface area (Å²) >= 11 is 0. The molecule has 0 spiro atoms. The maximum atomic E-state index is 10.4. The van der Waals surface area contributed by atoms with Gasteiger partial charge in [-0.15, -0.1) is 0 Å². The molecule has 0 aromatic carbocycles. The summed E-state index contributed by atoms with van der Waals surface area (Å²) in [7, 11) is 3.71. The van der Waals surface area contributed by atoms with Crippen molar-refractivity contribution in [3.05, 3.63) is 24.0 Å². The predicted octanol–water partition coefficient (Wildman–Crippen LogP) is 0.0411. The monoisotopic (exact) mass is 192 g/mol. The van der Waals surface area contributed by atoms with Crippen LogP contribution in [0.4, 0.5) is 5.95 Å². The van der Waals surface area contributed by atoms with Crippen LogP contribution in [0.15, 0.2) is 18.5 Å². The van der Waals surface area contributed by atoms with Gasteiger partial charge in [0, 0.05) is 38.1 Å². The van der Waals surface area contributed by atoms with Crippen LogP contribution in [0.1, 0.15) is 5.56 Å². The van der Waals surface area contributed by atoms with Crippen molar-refractivity contribution in [2.24, 2.45) is 5.73 Å². The minimum absolute atomic E-state index is 0.485. The van der Waals surface area contributed by atoms with Crippen molar-refractivity contribution in [2.45, 2.75) is 0 Å². The molecular weight excluding hydrogens is 180 g/mol. The highest BCUT2D eigenvalue weighted by Gasteiger charge is 1.96. The summed E-state index contributed by atoms with van der Waals surface area (Å²) in [5, 5.41) is 0. The first-order chi connectivity index (χ1) is 6.59. The molecular formula is C9H12N4O. The van der Waals surface area contributed by atoms with Crippen molar-refractivity contribution in [3.63, 3.8) is 0 Å². The molecule has 0 aliphatic carbocycles. The Labute approximate surface area is 82.3 Å². The van der Waals surface area contributed by atoms with Crippen LogP contribution in [-0.4, -0.2) is 30.0 Å². The summed E-state index contributed by atoms with van der Waals surface area (Å²) in [5.74, 6) is 0.142. The van der Waals surface area contributed by atoms with Crippen molar-refractivity contribution < 1.29 is 4.79 Å². The third-order valence-corrected chi connectivity index (χ3v) is 1.50. The molecule has 1 amide bonds. The van der Waals surface area contributed by atoms with Crippen LogP contribution in [0.3, 0.4) is 0 Å². The molecule has 1 heterocycles. The van der Waals surface area contributed by atoms with E-state index >= 15 is 0 Å². The van der Waals surface area contributed by atoms with Crippen LogP contribution < -0.4 is 10.6 Å². The van der Waals surface area contributed by atoms with E-state index < -0.39 is 5.91 Å². The molecule has 0 unspecified atom stereocenters. The maximum absolute atomic E-state index is 10.4. The number of nitrogens with two attached hydrogens (primary N) is 1. The summed E-state index contributed by atoms with van der Waals surface area (Å²) in [6, 6.07) is 0. The number of primary amides is 1. The zero-order valence-electron chi connectivity index (χ0n) is 8.14. The standard InChI is InChI=1S/C9H12N4O/c1-13(2)9-11-5-7(6-12-9)3-4-8(10)14/h3-6H,1-2H3,(H2,10,14)/b4-3+. The molecule has 0 atom stereocenters. The Morgan fingerprint density at radius 2 is 2.00 bits per heavy atom. The van der Waals surface area contributed by atoms with E-state index in [2.05, 4.69) is 9.97 Å². The highest BCUT2D eigenvalue weighted by molar-refractivity contribution is 5.90. The normalized spacial score (nSPS) is 10.4. The summed E-state index contributed by atoms with van der Waals surface area (Å²) in [6.07, 6.45) is 6.10. The molecule has 1 rings (SSSR count). The predicted molar refractivity (Wildman–Crippen MR) is 54.6 cm³/mol. The van der Waals surface area contributed by atoms with Gasteiger partial charge in [-0.25, -0.2) is 9.97 Å². The lowest BCUT2D eigenvalue weighted by molar-refractivity contribution is -0.113. The minimum atomic E-state index is -0.485. The zero-order valence-corrected chi connectivity index (χ0v) is 8.14. The SMILES string of the molecule is CN(C)c1ncc(/C=C/C(N)=O)cn1. The number of carbonyl (C=O) groups is 1. The van der Waals surface area contributed by atoms with Crippen molar-refractivity contribution in [1.82, 2.24) is 9.97 Å². The first-order valence-electron chi connectivity index (χ1n) is 4.06. The van der Waals surface area contributed by atoms with Crippen LogP contribution >= 0.6 is 0 Å². The van der Waals surface area contributed by atoms with Crippen molar-refractivity contribution >= 4 is 17.9 Å². The van der Waals surface area contributed by atoms with E-state index in [9.17, 15) is 4.79 Å². The lowest BCUT2D eigenvalue weighted by Crippen LogP contribution is -2.12. The van der Waals surface area contributed by atoms with E-state index in [1.165, 1.54) is 6.08 Å². The average molecular weight is 192 g/mol. The highest BCUT2D eigenvalue weighted by atomic mass is 16.1. The van der Waals surface area contributed by atoms with Gasteiger partial charge in [-0.05, 0) is 6.08 Å². The molecule has 0 saturated heterocycles. The molecule has 0 bridgehead atoms. The van der Waals surface area contributed by atoms with Gasteiger partial charge in [0.05, 0.1) is 0 Å². The van der Waals surface area contributed by atoms with Gasteiger partial charge in [-0.2, -0.15) is 0 Å². The van der Waals surface area contributed by atoms with Crippen molar-refractivity contribution in [3.8, 4) is 0 Å². The minimum Gasteiger partial charge on any atom is -0.366 e. The Morgan fingerprint density at radius 1 is 1.43 bits per heavy atom. The fourth-order valence-electron chi connectivity index (χ4n) is 0.827. The van der Waals surface area contributed by atoms with Crippen molar-refractivity contribution in [1.29, 1.82) is 0 Å². The molecule has 0 saturated carbocycles. The van der Waals surface area contributed by atoms with Gasteiger partial charge in [0.2, 0.25) is 11.9 Å². The molecule has 5 nitrogen and oxygen atoms in total. The van der Waals surface area contributed by atoms with E-state index in [1.54, 1.807) is 23.4 Å². The van der Waals surface area contributed by atoms with Crippen LogP contribution in [0, 0.1) is 0 Å². The number of anilines is 1. The molecule has 1 aromatic rings. The van der Waals surface area contributed by atoms with Crippen LogP contribution in [-0.2, 0) is 4.79 Å². The number of hydrogen-bond donors (Lipinski definition) is 1. The number of hydrogen-bond acceptors (Lipinski definition) is 4. The van der Waals surface area contributed by atoms with Gasteiger partial charge >= 0.3 is 0 Å². The Hall–Kier alpha value is -1.91. The summed E-state index contributed by atoms with van der Waals surface area (Å²) in [6.45, 7) is 0. The Bertz CT molecular complexity index is 342. The van der Waals surface area contributed by atoms with Gasteiger partial charge in [-0.1, -0.05) is 0 Å². The molecule has 0 aliphatic heterocycles. The molecule has 14 heavy (non-hydrogen) atoms. The molecule has 2 N–H and O–H groups in total. The van der Waals surface area contributed by atoms with Gasteiger partial charge in [-0.3, -0.25) is 4.79 Å². The number of aromatic nitrogens is 2. The summed E-state index contributed by atoms with van der Waals surface area (Å²) in [4.78, 5) is 20.4. The third-order valence-electron chi connectivity index (χ3n) is 1.50. The highest BCUT2D eigenvalue weighted by Crippen LogP contribution is 2.03. The van der Waals surface area contributed by atoms with Crippen LogP contribution in [0.2, 0.25) is 0 Å². The summed E-state index contributed by atoms with van der Waals surface area (Å²) < 4.78 is 0. The van der Waals surface area contributed by atoms with Crippen LogP contribution in [0.5, 0.6) is 0 Å². The number of nitrogens with zero attached hydrogens (tertiary/aromatic N) is 3. The Balaban J connectivity index is 2.78. The number of carbonyl (C=O) groups excluding carboxylic acids is 1. The Kier molecular flexibility index (Phi) is 3.17. The second-order valence-corrected chi connectivity index (χ2v) is 2.95. The maximum Gasteiger partial charge on any atom is 0.241 e. The quantitative estimate of drug-likeness (QED) is 0.686. The first-order valence-corrected chi connectivity index (χ1v) is 4.06. The Morgan fingerprint density at radius 3 is 2.43 bits per heavy atom. The van der Waals surface area contributed by atoms with E-state index in [0.717, 1.165) is 5.56 Å². The van der Waals surface area contributed by atoms with Gasteiger partial charge in [0.1, 0.15) is 0 Å². The topological polar surface area (TPSA) is 72.1 Å². The zero-order chi connectivity index (χ0) is 10.6. The van der Waals surface area contributed by atoms with Crippen LogP contribution in [0.25, 0.3) is 6.08 Å². The fraction of sp³-hybridized carbons (Fsp3) is 0.222. The summed E-state index contributed by atoms with van der Waals surface area (Å²) in [5.41, 5.74) is 5.69. The van der Waals surface area contributed by atoms with E-state index in [4.69, 9.17) is 5.73 Å². The molecule has 5 heteroatoms. The van der Waals surface area contributed by atoms with E-state index in [1.807, 2.05) is 14.1 Å². The van der Waals surface area contributed by atoms with Gasteiger partial charge in [0.15, 0.2) is 0 Å². The second-order valence-electron chi connectivity index (χ2n) is 2.95. The lowest BCUT2D eigenvalue weighted by Gasteiger charge is -2.08. The largest absolute Gasteiger partial charge is 0.366 e. The van der Waals surface area contributed by atoms with Crippen molar-refractivity contribution in [2.75, 3.05) is 19.0 Å². The molecule has 0 radical (unpaired) electrons. The average Bonchev–Trinajstić information content (AvgIpc) is 2.15.